The topological polar surface area (TPSA) is 61.8 Å². The highest BCUT2D eigenvalue weighted by Gasteiger charge is 2.45. The van der Waals surface area contributed by atoms with Crippen molar-refractivity contribution in [3.05, 3.63) is 0 Å². The highest BCUT2D eigenvalue weighted by atomic mass is 16.5. The molecule has 110 valence electrons. The van der Waals surface area contributed by atoms with Crippen LogP contribution in [0.15, 0.2) is 0 Å². The predicted molar refractivity (Wildman–Crippen MR) is 72.9 cm³/mol. The summed E-state index contributed by atoms with van der Waals surface area (Å²) in [6.45, 7) is 6.85. The highest BCUT2D eigenvalue weighted by molar-refractivity contribution is 5.75. The van der Waals surface area contributed by atoms with Gasteiger partial charge in [-0.15, -0.1) is 0 Å². The van der Waals surface area contributed by atoms with E-state index < -0.39 is 5.60 Å². The molecule has 0 bridgehead atoms. The van der Waals surface area contributed by atoms with Crippen LogP contribution in [0.2, 0.25) is 0 Å². The highest BCUT2D eigenvalue weighted by Crippen LogP contribution is 2.38. The van der Waals surface area contributed by atoms with Crippen molar-refractivity contribution in [2.75, 3.05) is 20.2 Å². The number of hydrogen-bond donors (Lipinski definition) is 2. The number of aliphatic hydroxyl groups is 1. The summed E-state index contributed by atoms with van der Waals surface area (Å²) in [5, 5.41) is 12.9. The average molecular weight is 270 g/mol. The van der Waals surface area contributed by atoms with Gasteiger partial charge in [-0.3, -0.25) is 0 Å². The molecule has 1 saturated carbocycles. The molecule has 0 aromatic heterocycles. The maximum atomic E-state index is 12.1. The number of carbonyl (C=O) groups is 1. The van der Waals surface area contributed by atoms with E-state index in [-0.39, 0.29) is 23.6 Å². The van der Waals surface area contributed by atoms with Crippen molar-refractivity contribution in [2.45, 2.75) is 57.3 Å². The fraction of sp³-hybridized carbons (Fsp3) is 0.929. The minimum Gasteiger partial charge on any atom is -0.390 e. The molecule has 2 fully saturated rings. The molecule has 2 rings (SSSR count). The summed E-state index contributed by atoms with van der Waals surface area (Å²) >= 11 is 0. The Hall–Kier alpha value is -0.810. The van der Waals surface area contributed by atoms with Crippen molar-refractivity contribution in [1.82, 2.24) is 10.2 Å². The van der Waals surface area contributed by atoms with Gasteiger partial charge in [-0.1, -0.05) is 0 Å². The standard InChI is InChI=1S/C14H26N2O3/c1-10(14(19-4)6-5-7-14)15-12(17)16-8-11(9-16)13(2,3)18/h10-11,18H,5-9H2,1-4H3,(H,15,17). The van der Waals surface area contributed by atoms with Crippen LogP contribution in [0.5, 0.6) is 0 Å². The lowest BCUT2D eigenvalue weighted by Crippen LogP contribution is -2.63. The van der Waals surface area contributed by atoms with Gasteiger partial charge in [0.15, 0.2) is 0 Å². The Morgan fingerprint density at radius 1 is 1.47 bits per heavy atom. The molecule has 1 unspecified atom stereocenters. The van der Waals surface area contributed by atoms with Crippen molar-refractivity contribution >= 4 is 6.03 Å². The smallest absolute Gasteiger partial charge is 0.317 e. The number of likely N-dealkylation sites (tertiary alicyclic amines) is 1. The van der Waals surface area contributed by atoms with Crippen molar-refractivity contribution in [3.63, 3.8) is 0 Å². The first kappa shape index (κ1) is 14.6. The Labute approximate surface area is 115 Å². The van der Waals surface area contributed by atoms with Crippen LogP contribution >= 0.6 is 0 Å². The van der Waals surface area contributed by atoms with Crippen molar-refractivity contribution in [2.24, 2.45) is 5.92 Å². The van der Waals surface area contributed by atoms with Crippen molar-refractivity contribution < 1.29 is 14.6 Å². The number of amides is 2. The van der Waals surface area contributed by atoms with Gasteiger partial charge in [-0.05, 0) is 40.0 Å². The average Bonchev–Trinajstić information content (AvgIpc) is 2.10. The van der Waals surface area contributed by atoms with Gasteiger partial charge in [0.05, 0.1) is 17.2 Å². The zero-order valence-corrected chi connectivity index (χ0v) is 12.4. The van der Waals surface area contributed by atoms with E-state index in [1.165, 1.54) is 6.42 Å². The van der Waals surface area contributed by atoms with E-state index in [2.05, 4.69) is 5.32 Å². The molecule has 0 spiro atoms. The van der Waals surface area contributed by atoms with E-state index in [9.17, 15) is 9.90 Å². The number of nitrogens with one attached hydrogen (secondary N) is 1. The van der Waals surface area contributed by atoms with Crippen LogP contribution in [0.4, 0.5) is 4.79 Å². The van der Waals surface area contributed by atoms with Gasteiger partial charge in [-0.2, -0.15) is 0 Å². The van der Waals surface area contributed by atoms with Gasteiger partial charge in [-0.25, -0.2) is 4.79 Å². The monoisotopic (exact) mass is 270 g/mol. The molecule has 1 aliphatic heterocycles. The molecule has 0 aromatic carbocycles. The normalized spacial score (nSPS) is 24.4. The number of ether oxygens (including phenoxy) is 1. The molecular formula is C14H26N2O3. The van der Waals surface area contributed by atoms with Gasteiger partial charge in [0.25, 0.3) is 0 Å². The first-order valence-corrected chi connectivity index (χ1v) is 7.11. The molecule has 1 aliphatic carbocycles. The minimum absolute atomic E-state index is 0.0277. The lowest BCUT2D eigenvalue weighted by Gasteiger charge is -2.48. The summed E-state index contributed by atoms with van der Waals surface area (Å²) < 4.78 is 5.57. The van der Waals surface area contributed by atoms with Crippen molar-refractivity contribution in [1.29, 1.82) is 0 Å². The lowest BCUT2D eigenvalue weighted by atomic mass is 9.75. The van der Waals surface area contributed by atoms with Crippen LogP contribution in [-0.2, 0) is 4.74 Å². The largest absolute Gasteiger partial charge is 0.390 e. The van der Waals surface area contributed by atoms with Crippen LogP contribution < -0.4 is 5.32 Å². The number of carbonyl (C=O) groups excluding carboxylic acids is 1. The van der Waals surface area contributed by atoms with Gasteiger partial charge in [0.2, 0.25) is 0 Å². The van der Waals surface area contributed by atoms with Gasteiger partial charge in [0, 0.05) is 26.1 Å². The van der Waals surface area contributed by atoms with E-state index in [1.54, 1.807) is 25.9 Å². The second-order valence-corrected chi connectivity index (χ2v) is 6.55. The minimum atomic E-state index is -0.704. The summed E-state index contributed by atoms with van der Waals surface area (Å²) in [4.78, 5) is 13.8. The third kappa shape index (κ3) is 2.72. The second kappa shape index (κ2) is 4.94. The third-order valence-electron chi connectivity index (χ3n) is 4.90. The fourth-order valence-corrected chi connectivity index (χ4v) is 2.84. The number of methoxy groups -OCH3 is 1. The van der Waals surface area contributed by atoms with Crippen molar-refractivity contribution in [3.8, 4) is 0 Å². The number of rotatable bonds is 4. The maximum Gasteiger partial charge on any atom is 0.317 e. The Balaban J connectivity index is 1.80. The van der Waals surface area contributed by atoms with Gasteiger partial charge in [0.1, 0.15) is 0 Å². The molecule has 0 radical (unpaired) electrons. The summed E-state index contributed by atoms with van der Waals surface area (Å²) in [6, 6.07) is -0.0174. The Morgan fingerprint density at radius 3 is 2.42 bits per heavy atom. The molecule has 2 aliphatic rings. The van der Waals surface area contributed by atoms with Crippen LogP contribution in [-0.4, -0.2) is 53.5 Å². The van der Waals surface area contributed by atoms with Crippen LogP contribution in [0, 0.1) is 5.92 Å². The molecule has 0 aromatic rings. The SMILES string of the molecule is COC1(C(C)NC(=O)N2CC(C(C)(C)O)C2)CCC1. The molecule has 19 heavy (non-hydrogen) atoms. The molecule has 5 nitrogen and oxygen atoms in total. The molecule has 5 heteroatoms. The third-order valence-corrected chi connectivity index (χ3v) is 4.90. The quantitative estimate of drug-likeness (QED) is 0.811. The molecule has 1 heterocycles. The first-order chi connectivity index (χ1) is 8.78. The van der Waals surface area contributed by atoms with Crippen LogP contribution in [0.3, 0.4) is 0 Å². The van der Waals surface area contributed by atoms with E-state index >= 15 is 0 Å². The predicted octanol–water partition coefficient (Wildman–Crippen LogP) is 1.36. The number of hydrogen-bond acceptors (Lipinski definition) is 3. The van der Waals surface area contributed by atoms with Gasteiger partial charge >= 0.3 is 6.03 Å². The molecule has 2 amide bonds. The fourth-order valence-electron chi connectivity index (χ4n) is 2.84. The van der Waals surface area contributed by atoms with Crippen LogP contribution in [0.1, 0.15) is 40.0 Å². The van der Waals surface area contributed by atoms with Crippen LogP contribution in [0.25, 0.3) is 0 Å². The Kier molecular flexibility index (Phi) is 3.80. The number of nitrogens with zero attached hydrogens (tertiary/aromatic N) is 1. The molecular weight excluding hydrogens is 244 g/mol. The molecule has 2 N–H and O–H groups in total. The Bertz CT molecular complexity index is 336. The first-order valence-electron chi connectivity index (χ1n) is 7.11. The van der Waals surface area contributed by atoms with Gasteiger partial charge < -0.3 is 20.1 Å². The summed E-state index contributed by atoms with van der Waals surface area (Å²) in [5.74, 6) is 0.175. The summed E-state index contributed by atoms with van der Waals surface area (Å²) in [6.07, 6.45) is 3.19. The molecule has 1 saturated heterocycles. The van der Waals surface area contributed by atoms with E-state index in [0.29, 0.717) is 13.1 Å². The molecule has 1 atom stereocenters. The summed E-state index contributed by atoms with van der Waals surface area (Å²) in [7, 11) is 1.72. The maximum absolute atomic E-state index is 12.1. The zero-order valence-electron chi connectivity index (χ0n) is 12.4. The number of urea groups is 1. The van der Waals surface area contributed by atoms with E-state index in [0.717, 1.165) is 12.8 Å². The zero-order chi connectivity index (χ0) is 14.3. The summed E-state index contributed by atoms with van der Waals surface area (Å²) in [5.41, 5.74) is -0.875. The Morgan fingerprint density at radius 2 is 2.05 bits per heavy atom. The lowest BCUT2D eigenvalue weighted by molar-refractivity contribution is -0.0939. The van der Waals surface area contributed by atoms with E-state index in [1.807, 2.05) is 6.92 Å². The second-order valence-electron chi connectivity index (χ2n) is 6.55. The van der Waals surface area contributed by atoms with E-state index in [4.69, 9.17) is 4.74 Å².